The number of aromatic amines is 1. The summed E-state index contributed by atoms with van der Waals surface area (Å²) in [5, 5.41) is 50.5. The molecular formula is C49H51N3O7-2. The fourth-order valence-corrected chi connectivity index (χ4v) is 10.1. The number of fused-ring (bicyclic) bond motifs is 13. The smallest absolute Gasteiger partial charge is 0.163 e. The summed E-state index contributed by atoms with van der Waals surface area (Å²) in [6.45, 7) is 0. The number of aliphatic hydroxyl groups excluding tert-OH is 2. The summed E-state index contributed by atoms with van der Waals surface area (Å²) < 4.78 is 6.35. The molecule has 3 aliphatic carbocycles. The van der Waals surface area contributed by atoms with Gasteiger partial charge in [-0.15, -0.1) is 5.69 Å². The van der Waals surface area contributed by atoms with Gasteiger partial charge in [0.15, 0.2) is 11.5 Å². The molecule has 5 aromatic rings. The highest BCUT2D eigenvalue weighted by molar-refractivity contribution is 6.02. The highest BCUT2D eigenvalue weighted by atomic mass is 16.5. The van der Waals surface area contributed by atoms with Gasteiger partial charge in [0.1, 0.15) is 23.4 Å². The van der Waals surface area contributed by atoms with Gasteiger partial charge in [0.25, 0.3) is 0 Å². The van der Waals surface area contributed by atoms with E-state index in [1.807, 2.05) is 48.7 Å². The Labute approximate surface area is 344 Å². The number of nitrogens with zero attached hydrogens (tertiary/aromatic N) is 2. The van der Waals surface area contributed by atoms with Crippen LogP contribution in [0.1, 0.15) is 127 Å². The van der Waals surface area contributed by atoms with Gasteiger partial charge in [0.05, 0.1) is 18.6 Å². The van der Waals surface area contributed by atoms with E-state index >= 15 is 0 Å². The van der Waals surface area contributed by atoms with Gasteiger partial charge in [-0.05, 0) is 128 Å². The second kappa shape index (κ2) is 16.6. The first-order valence-corrected chi connectivity index (χ1v) is 21.2. The third kappa shape index (κ3) is 8.08. The Morgan fingerprint density at radius 3 is 2.54 bits per heavy atom. The van der Waals surface area contributed by atoms with Gasteiger partial charge in [-0.3, -0.25) is 9.59 Å². The molecule has 0 saturated heterocycles. The van der Waals surface area contributed by atoms with Crippen LogP contribution in [0.25, 0.3) is 11.4 Å². The number of nitrogens with one attached hydrogen (secondary N) is 1. The van der Waals surface area contributed by atoms with E-state index in [1.165, 1.54) is 0 Å². The van der Waals surface area contributed by atoms with Crippen LogP contribution >= 0.6 is 0 Å². The van der Waals surface area contributed by atoms with Crippen molar-refractivity contribution in [1.82, 2.24) is 9.97 Å². The maximum Gasteiger partial charge on any atom is 0.163 e. The molecule has 0 radical (unpaired) electrons. The van der Waals surface area contributed by atoms with Crippen LogP contribution in [0.4, 0.5) is 5.82 Å². The van der Waals surface area contributed by atoms with E-state index in [9.17, 15) is 30.0 Å². The average Bonchev–Trinajstić information content (AvgIpc) is 4.01. The minimum absolute atomic E-state index is 0.0385. The van der Waals surface area contributed by atoms with Crippen LogP contribution in [0.5, 0.6) is 17.2 Å². The molecule has 10 nitrogen and oxygen atoms in total. The second-order valence-electron chi connectivity index (χ2n) is 17.0. The number of aromatic nitrogens is 2. The van der Waals surface area contributed by atoms with Crippen molar-refractivity contribution >= 4 is 23.5 Å². The Morgan fingerprint density at radius 1 is 0.864 bits per heavy atom. The van der Waals surface area contributed by atoms with Crippen LogP contribution in [0.3, 0.4) is 0 Å². The SMILES string of the molecule is O=C1CCc2cc(OC3CCCC3)c(O)c(c2)C(O)c2cccc(c2)C2CCC([N-]c3[nH]ccc32)C2=Cc3[n-]ccc3C(CC(O)CCc3cccc(O)c3)C2C(=O)C1. The number of phenols is 2. The molecule has 0 amide bonds. The lowest BCUT2D eigenvalue weighted by molar-refractivity contribution is -0.129. The Hall–Kier alpha value is -5.58. The predicted molar refractivity (Wildman–Crippen MR) is 224 cm³/mol. The molecule has 1 aliphatic heterocycles. The number of ketones is 2. The molecule has 0 spiro atoms. The van der Waals surface area contributed by atoms with E-state index < -0.39 is 30.1 Å². The summed E-state index contributed by atoms with van der Waals surface area (Å²) in [5.74, 6) is -0.557. The lowest BCUT2D eigenvalue weighted by Crippen LogP contribution is -2.35. The van der Waals surface area contributed by atoms with Crippen molar-refractivity contribution in [2.75, 3.05) is 0 Å². The summed E-state index contributed by atoms with van der Waals surface area (Å²) >= 11 is 0. The molecule has 10 heteroatoms. The zero-order valence-electron chi connectivity index (χ0n) is 33.1. The number of aromatic hydroxyl groups is 2. The van der Waals surface area contributed by atoms with Gasteiger partial charge in [-0.2, -0.15) is 6.20 Å². The molecule has 59 heavy (non-hydrogen) atoms. The van der Waals surface area contributed by atoms with Crippen molar-refractivity contribution in [2.24, 2.45) is 5.92 Å². The monoisotopic (exact) mass is 793 g/mol. The molecule has 3 heterocycles. The molecule has 3 aromatic carbocycles. The van der Waals surface area contributed by atoms with Crippen LogP contribution < -0.4 is 9.72 Å². The van der Waals surface area contributed by atoms with Crippen LogP contribution in [0, 0.1) is 5.92 Å². The molecule has 306 valence electrons. The number of hydrogen-bond donors (Lipinski definition) is 5. The van der Waals surface area contributed by atoms with Gasteiger partial charge >= 0.3 is 0 Å². The number of benzene rings is 3. The van der Waals surface area contributed by atoms with E-state index in [4.69, 9.17) is 15.0 Å². The number of carbonyl (C=O) groups is 2. The number of aliphatic hydroxyl groups is 2. The first-order valence-electron chi connectivity index (χ1n) is 21.2. The van der Waals surface area contributed by atoms with E-state index in [-0.39, 0.29) is 54.3 Å². The van der Waals surface area contributed by atoms with Gasteiger partial charge in [-0.1, -0.05) is 77.8 Å². The molecule has 4 aliphatic rings. The topological polar surface area (TPSA) is 168 Å². The number of hydrogen-bond acceptors (Lipinski definition) is 7. The Morgan fingerprint density at radius 2 is 1.69 bits per heavy atom. The van der Waals surface area contributed by atoms with Gasteiger partial charge in [-0.25, -0.2) is 0 Å². The minimum atomic E-state index is -1.16. The summed E-state index contributed by atoms with van der Waals surface area (Å²) in [6.07, 6.45) is 10.2. The molecule has 1 fully saturated rings. The van der Waals surface area contributed by atoms with Crippen molar-refractivity contribution in [3.63, 3.8) is 0 Å². The van der Waals surface area contributed by atoms with E-state index in [2.05, 4.69) is 11.1 Å². The first kappa shape index (κ1) is 38.9. The van der Waals surface area contributed by atoms with Crippen LogP contribution in [0.15, 0.2) is 90.8 Å². The van der Waals surface area contributed by atoms with Crippen molar-refractivity contribution in [1.29, 1.82) is 0 Å². The van der Waals surface area contributed by atoms with E-state index in [0.29, 0.717) is 54.8 Å². The molecular weight excluding hydrogens is 743 g/mol. The Balaban J connectivity index is 1.10. The lowest BCUT2D eigenvalue weighted by Gasteiger charge is -2.40. The Kier molecular flexibility index (Phi) is 10.9. The first-order chi connectivity index (χ1) is 28.7. The van der Waals surface area contributed by atoms with Crippen molar-refractivity contribution in [3.05, 3.63) is 141 Å². The molecule has 5 N–H and O–H groups in total. The minimum Gasteiger partial charge on any atom is -0.664 e. The molecule has 6 atom stereocenters. The van der Waals surface area contributed by atoms with Crippen LogP contribution in [-0.2, 0) is 22.4 Å². The third-order valence-electron chi connectivity index (χ3n) is 13.1. The quantitative estimate of drug-likeness (QED) is 0.102. The van der Waals surface area contributed by atoms with Gasteiger partial charge in [0, 0.05) is 23.8 Å². The highest BCUT2D eigenvalue weighted by Gasteiger charge is 2.40. The fourth-order valence-electron chi connectivity index (χ4n) is 10.1. The number of phenolic OH excluding ortho intramolecular Hbond substituents is 2. The Bertz CT molecular complexity index is 2370. The molecule has 6 unspecified atom stereocenters. The molecule has 6 bridgehead atoms. The fraction of sp³-hybridized carbons (Fsp3) is 0.388. The van der Waals surface area contributed by atoms with Crippen LogP contribution in [-0.4, -0.2) is 55.2 Å². The number of carbonyl (C=O) groups excluding carboxylic acids is 2. The molecule has 9 rings (SSSR count). The number of aryl methyl sites for hydroxylation is 2. The zero-order chi connectivity index (χ0) is 40.6. The van der Waals surface area contributed by atoms with E-state index in [1.54, 1.807) is 36.5 Å². The summed E-state index contributed by atoms with van der Waals surface area (Å²) in [7, 11) is 0. The summed E-state index contributed by atoms with van der Waals surface area (Å²) in [5.41, 5.74) is 7.05. The number of Topliss-reactive ketones (excluding diaryl/α,β-unsaturated/α-hetero) is 2. The zero-order valence-corrected chi connectivity index (χ0v) is 33.1. The third-order valence-corrected chi connectivity index (χ3v) is 13.1. The van der Waals surface area contributed by atoms with E-state index in [0.717, 1.165) is 64.8 Å². The summed E-state index contributed by atoms with van der Waals surface area (Å²) in [4.78, 5) is 36.9. The number of H-pyrrole nitrogens is 1. The maximum atomic E-state index is 14.9. The normalized spacial score (nSPS) is 23.8. The van der Waals surface area contributed by atoms with Crippen molar-refractivity contribution < 1.29 is 34.8 Å². The number of ether oxygens (including phenoxy) is 1. The standard InChI is InChI=1S/C49H51N3O7/c53-32-8-3-5-28(21-32)11-13-33(54)25-39-37-17-19-50-43(37)27-40-42-16-15-36(38-18-20-51-49(38)52-42)30-6-4-7-31(24-30)47(57)41-22-29(12-14-34(55)26-44(56)46(39)40)23-45(48(41)58)59-35-9-1-2-10-35/h3-8,17-24,27,33,35-36,39,42,46-47,51,53-54,57-58H,1-2,9-16,25-26H2/q-2. The second-order valence-corrected chi connectivity index (χ2v) is 17.0. The molecule has 2 aromatic heterocycles. The largest absolute Gasteiger partial charge is 0.664 e. The van der Waals surface area contributed by atoms with Crippen LogP contribution in [0.2, 0.25) is 0 Å². The maximum absolute atomic E-state index is 14.9. The summed E-state index contributed by atoms with van der Waals surface area (Å²) in [6, 6.07) is 22.0. The average molecular weight is 794 g/mol. The number of rotatable bonds is 7. The molecule has 1 saturated carbocycles. The van der Waals surface area contributed by atoms with Gasteiger partial charge < -0.3 is 40.4 Å². The lowest BCUT2D eigenvalue weighted by atomic mass is 9.68. The van der Waals surface area contributed by atoms with Crippen molar-refractivity contribution in [3.8, 4) is 17.2 Å². The van der Waals surface area contributed by atoms with Crippen molar-refractivity contribution in [2.45, 2.75) is 113 Å². The predicted octanol–water partition coefficient (Wildman–Crippen LogP) is 8.74. The van der Waals surface area contributed by atoms with Gasteiger partial charge in [0.2, 0.25) is 0 Å². The highest BCUT2D eigenvalue weighted by Crippen LogP contribution is 2.50.